The van der Waals surface area contributed by atoms with Gasteiger partial charge in [0.2, 0.25) is 0 Å². The highest BCUT2D eigenvalue weighted by Gasteiger charge is 2.22. The summed E-state index contributed by atoms with van der Waals surface area (Å²) in [5.41, 5.74) is 0. The molecule has 0 aromatic heterocycles. The Labute approximate surface area is 125 Å². The van der Waals surface area contributed by atoms with Crippen molar-refractivity contribution < 1.29 is 14.6 Å². The molecule has 18 heavy (non-hydrogen) atoms. The molecule has 108 valence electrons. The van der Waals surface area contributed by atoms with E-state index in [4.69, 9.17) is 9.84 Å². The minimum Gasteiger partial charge on any atom is -0.346 e. The molecule has 1 aliphatic rings. The van der Waals surface area contributed by atoms with E-state index in [1.165, 1.54) is 43.6 Å². The van der Waals surface area contributed by atoms with Crippen LogP contribution in [-0.2, 0) is 9.47 Å². The predicted octanol–water partition coefficient (Wildman–Crippen LogP) is 3.58. The summed E-state index contributed by atoms with van der Waals surface area (Å²) in [6.07, 6.45) is 7.96. The largest absolute Gasteiger partial charge is 0.346 e. The monoisotopic (exact) mass is 370 g/mol. The lowest BCUT2D eigenvalue weighted by Gasteiger charge is -2.29. The SMILES string of the molecule is COC(O)OCCC(C)CC1CCCC(CI)C1. The van der Waals surface area contributed by atoms with Crippen molar-refractivity contribution in [1.29, 1.82) is 0 Å². The van der Waals surface area contributed by atoms with Gasteiger partial charge in [-0.2, -0.15) is 0 Å². The molecular formula is C14H27IO3. The molecule has 0 spiro atoms. The van der Waals surface area contributed by atoms with Crippen molar-refractivity contribution in [3.63, 3.8) is 0 Å². The summed E-state index contributed by atoms with van der Waals surface area (Å²) in [5, 5.41) is 9.11. The Morgan fingerprint density at radius 1 is 1.33 bits per heavy atom. The Kier molecular flexibility index (Phi) is 8.80. The van der Waals surface area contributed by atoms with E-state index in [-0.39, 0.29) is 0 Å². The summed E-state index contributed by atoms with van der Waals surface area (Å²) in [6.45, 7) is 1.81. The van der Waals surface area contributed by atoms with E-state index < -0.39 is 6.48 Å². The van der Waals surface area contributed by atoms with Gasteiger partial charge in [-0.05, 0) is 43.4 Å². The van der Waals surface area contributed by atoms with Gasteiger partial charge in [0, 0.05) is 11.5 Å². The third-order valence-electron chi connectivity index (χ3n) is 3.92. The van der Waals surface area contributed by atoms with Crippen LogP contribution in [0.3, 0.4) is 0 Å². The van der Waals surface area contributed by atoms with Gasteiger partial charge in [-0.3, -0.25) is 0 Å². The molecule has 1 fully saturated rings. The fraction of sp³-hybridized carbons (Fsp3) is 1.00. The maximum atomic E-state index is 9.11. The molecule has 0 bridgehead atoms. The molecule has 1 saturated carbocycles. The Hall–Kier alpha value is 0.610. The molecule has 0 radical (unpaired) electrons. The van der Waals surface area contributed by atoms with Gasteiger partial charge in [0.25, 0.3) is 6.48 Å². The zero-order valence-corrected chi connectivity index (χ0v) is 13.8. The molecule has 0 amide bonds. The minimum atomic E-state index is -1.06. The van der Waals surface area contributed by atoms with Crippen LogP contribution in [0.4, 0.5) is 0 Å². The molecule has 4 unspecified atom stereocenters. The average Bonchev–Trinajstić information content (AvgIpc) is 2.38. The molecule has 3 nitrogen and oxygen atoms in total. The number of rotatable bonds is 8. The van der Waals surface area contributed by atoms with Crippen molar-refractivity contribution in [1.82, 2.24) is 0 Å². The second-order valence-electron chi connectivity index (χ2n) is 5.60. The molecule has 1 aliphatic carbocycles. The standard InChI is InChI=1S/C14H27IO3/c1-11(6-7-18-14(16)17-2)8-12-4-3-5-13(9-12)10-15/h11-14,16H,3-10H2,1-2H3. The van der Waals surface area contributed by atoms with E-state index in [9.17, 15) is 0 Å². The van der Waals surface area contributed by atoms with Crippen molar-refractivity contribution in [3.8, 4) is 0 Å². The normalized spacial score (nSPS) is 28.0. The van der Waals surface area contributed by atoms with E-state index >= 15 is 0 Å². The van der Waals surface area contributed by atoms with Crippen molar-refractivity contribution in [2.24, 2.45) is 17.8 Å². The first-order valence-electron chi connectivity index (χ1n) is 7.04. The maximum Gasteiger partial charge on any atom is 0.268 e. The average molecular weight is 370 g/mol. The summed E-state index contributed by atoms with van der Waals surface area (Å²) < 4.78 is 11.1. The Bertz CT molecular complexity index is 213. The van der Waals surface area contributed by atoms with Crippen LogP contribution in [0.15, 0.2) is 0 Å². The van der Waals surface area contributed by atoms with Gasteiger partial charge in [0.15, 0.2) is 0 Å². The first-order valence-corrected chi connectivity index (χ1v) is 8.56. The lowest BCUT2D eigenvalue weighted by Crippen LogP contribution is -2.20. The topological polar surface area (TPSA) is 38.7 Å². The predicted molar refractivity (Wildman–Crippen MR) is 81.7 cm³/mol. The number of hydrogen-bond acceptors (Lipinski definition) is 3. The first-order chi connectivity index (χ1) is 8.65. The van der Waals surface area contributed by atoms with Crippen LogP contribution in [0.1, 0.15) is 45.4 Å². The Morgan fingerprint density at radius 3 is 2.72 bits per heavy atom. The summed E-state index contributed by atoms with van der Waals surface area (Å²) in [6, 6.07) is 0. The third-order valence-corrected chi connectivity index (χ3v) is 5.16. The highest BCUT2D eigenvalue weighted by atomic mass is 127. The number of alkyl halides is 1. The van der Waals surface area contributed by atoms with Crippen LogP contribution in [0.2, 0.25) is 0 Å². The quantitative estimate of drug-likeness (QED) is 0.403. The molecular weight excluding hydrogens is 343 g/mol. The number of methoxy groups -OCH3 is 1. The lowest BCUT2D eigenvalue weighted by molar-refractivity contribution is -0.251. The van der Waals surface area contributed by atoms with Gasteiger partial charge in [-0.25, -0.2) is 0 Å². The van der Waals surface area contributed by atoms with Gasteiger partial charge in [0.1, 0.15) is 0 Å². The summed E-state index contributed by atoms with van der Waals surface area (Å²) in [4.78, 5) is 0. The van der Waals surface area contributed by atoms with E-state index in [0.29, 0.717) is 12.5 Å². The fourth-order valence-corrected chi connectivity index (χ4v) is 3.68. The van der Waals surface area contributed by atoms with Crippen LogP contribution < -0.4 is 0 Å². The number of aliphatic hydroxyl groups is 1. The Morgan fingerprint density at radius 2 is 2.06 bits per heavy atom. The number of halogens is 1. The molecule has 0 aromatic rings. The van der Waals surface area contributed by atoms with Crippen molar-refractivity contribution in [3.05, 3.63) is 0 Å². The van der Waals surface area contributed by atoms with Crippen LogP contribution in [-0.4, -0.2) is 29.7 Å². The highest BCUT2D eigenvalue weighted by molar-refractivity contribution is 14.1. The zero-order valence-electron chi connectivity index (χ0n) is 11.6. The van der Waals surface area contributed by atoms with Crippen molar-refractivity contribution >= 4 is 22.6 Å². The van der Waals surface area contributed by atoms with Crippen LogP contribution >= 0.6 is 22.6 Å². The first kappa shape index (κ1) is 16.7. The van der Waals surface area contributed by atoms with Gasteiger partial charge >= 0.3 is 0 Å². The molecule has 0 saturated heterocycles. The lowest BCUT2D eigenvalue weighted by atomic mass is 9.78. The van der Waals surface area contributed by atoms with Gasteiger partial charge in [-0.1, -0.05) is 42.4 Å². The van der Waals surface area contributed by atoms with Crippen LogP contribution in [0.5, 0.6) is 0 Å². The van der Waals surface area contributed by atoms with E-state index in [1.807, 2.05) is 0 Å². The maximum absolute atomic E-state index is 9.11. The van der Waals surface area contributed by atoms with Crippen LogP contribution in [0, 0.1) is 17.8 Å². The molecule has 0 aliphatic heterocycles. The summed E-state index contributed by atoms with van der Waals surface area (Å²) >= 11 is 2.52. The molecule has 1 rings (SSSR count). The smallest absolute Gasteiger partial charge is 0.268 e. The van der Waals surface area contributed by atoms with E-state index in [1.54, 1.807) is 0 Å². The number of aliphatic hydroxyl groups excluding tert-OH is 1. The van der Waals surface area contributed by atoms with Gasteiger partial charge in [0.05, 0.1) is 6.61 Å². The zero-order chi connectivity index (χ0) is 13.4. The summed E-state index contributed by atoms with van der Waals surface area (Å²) in [5.74, 6) is 2.52. The van der Waals surface area contributed by atoms with Crippen molar-refractivity contribution in [2.45, 2.75) is 51.9 Å². The Balaban J connectivity index is 2.13. The number of ether oxygens (including phenoxy) is 2. The second kappa shape index (κ2) is 9.50. The fourth-order valence-electron chi connectivity index (χ4n) is 2.88. The molecule has 4 heteroatoms. The molecule has 0 aromatic carbocycles. The minimum absolute atomic E-state index is 0.582. The van der Waals surface area contributed by atoms with Gasteiger partial charge < -0.3 is 14.6 Å². The molecule has 1 N–H and O–H groups in total. The summed E-state index contributed by atoms with van der Waals surface area (Å²) in [7, 11) is 1.44. The second-order valence-corrected chi connectivity index (χ2v) is 6.48. The third kappa shape index (κ3) is 6.68. The van der Waals surface area contributed by atoms with Gasteiger partial charge in [-0.15, -0.1) is 0 Å². The molecule has 4 atom stereocenters. The number of hydrogen-bond donors (Lipinski definition) is 1. The van der Waals surface area contributed by atoms with E-state index in [2.05, 4.69) is 34.3 Å². The highest BCUT2D eigenvalue weighted by Crippen LogP contribution is 2.34. The van der Waals surface area contributed by atoms with Crippen LogP contribution in [0.25, 0.3) is 0 Å². The van der Waals surface area contributed by atoms with Crippen molar-refractivity contribution in [2.75, 3.05) is 18.1 Å². The van der Waals surface area contributed by atoms with E-state index in [0.717, 1.165) is 18.3 Å². The molecule has 0 heterocycles.